The minimum absolute atomic E-state index is 0.0588. The van der Waals surface area contributed by atoms with Gasteiger partial charge in [0.25, 0.3) is 0 Å². The molecule has 0 aromatic rings. The Balaban J connectivity index is 3.18. The van der Waals surface area contributed by atoms with E-state index in [0.29, 0.717) is 0 Å². The van der Waals surface area contributed by atoms with Crippen molar-refractivity contribution in [2.75, 3.05) is 20.2 Å². The molecular weight excluding hydrogens is 260 g/mol. The number of carbonyl (C=O) groups excluding carboxylic acids is 1. The summed E-state index contributed by atoms with van der Waals surface area (Å²) in [6.45, 7) is 1.71. The van der Waals surface area contributed by atoms with Crippen LogP contribution in [0.25, 0.3) is 0 Å². The summed E-state index contributed by atoms with van der Waals surface area (Å²) in [6.07, 6.45) is 0. The highest BCUT2D eigenvalue weighted by Crippen LogP contribution is 2.31. The molecule has 1 rings (SSSR count). The molecule has 0 aromatic heterocycles. The molecule has 0 radical (unpaired) electrons. The molecule has 18 heavy (non-hydrogen) atoms. The highest BCUT2D eigenvalue weighted by Gasteiger charge is 2.39. The van der Waals surface area contributed by atoms with Crippen LogP contribution in [0, 0.1) is 17.2 Å². The van der Waals surface area contributed by atoms with E-state index in [1.54, 1.807) is 6.92 Å². The maximum Gasteiger partial charge on any atom is 0.328 e. The highest BCUT2D eigenvalue weighted by molar-refractivity contribution is 6.30. The third kappa shape index (κ3) is 2.81. The van der Waals surface area contributed by atoms with Crippen LogP contribution in [0.4, 0.5) is 0 Å². The van der Waals surface area contributed by atoms with Crippen LogP contribution in [0.3, 0.4) is 0 Å². The third-order valence-corrected chi connectivity index (χ3v) is 3.30. The van der Waals surface area contributed by atoms with Gasteiger partial charge in [-0.15, -0.1) is 0 Å². The summed E-state index contributed by atoms with van der Waals surface area (Å²) >= 11 is 6.01. The fraction of sp³-hybridized carbons (Fsp3) is 0.545. The number of nitriles is 1. The van der Waals surface area contributed by atoms with E-state index in [-0.39, 0.29) is 29.6 Å². The van der Waals surface area contributed by atoms with Crippen LogP contribution >= 0.6 is 11.6 Å². The molecule has 1 aliphatic heterocycles. The van der Waals surface area contributed by atoms with Crippen molar-refractivity contribution in [1.82, 2.24) is 4.90 Å². The molecule has 0 amide bonds. The number of halogens is 1. The summed E-state index contributed by atoms with van der Waals surface area (Å²) in [5.74, 6) is -1.95. The van der Waals surface area contributed by atoms with Gasteiger partial charge in [-0.3, -0.25) is 9.69 Å². The van der Waals surface area contributed by atoms with E-state index in [1.807, 2.05) is 6.07 Å². The molecular formula is C11H13ClN2O4. The number of nitrogens with zero attached hydrogens (tertiary/aromatic N) is 2. The zero-order valence-electron chi connectivity index (χ0n) is 10.0. The second-order valence-electron chi connectivity index (χ2n) is 4.02. The van der Waals surface area contributed by atoms with Gasteiger partial charge in [0, 0.05) is 17.5 Å². The normalized spacial score (nSPS) is 24.6. The molecule has 0 saturated heterocycles. The van der Waals surface area contributed by atoms with Gasteiger partial charge in [0.2, 0.25) is 0 Å². The van der Waals surface area contributed by atoms with Gasteiger partial charge in [0.1, 0.15) is 6.04 Å². The monoisotopic (exact) mass is 272 g/mol. The Labute approximate surface area is 109 Å². The Hall–Kier alpha value is -1.58. The van der Waals surface area contributed by atoms with Crippen molar-refractivity contribution in [3.8, 4) is 6.07 Å². The Morgan fingerprint density at radius 3 is 2.72 bits per heavy atom. The Bertz CT molecular complexity index is 441. The van der Waals surface area contributed by atoms with Crippen LogP contribution in [-0.4, -0.2) is 48.2 Å². The van der Waals surface area contributed by atoms with E-state index in [1.165, 1.54) is 12.0 Å². The minimum atomic E-state index is -1.08. The SMILES string of the molecule is COC(=O)C1C(C#N)=C(Cl)C(C)CN1CC(=O)O. The van der Waals surface area contributed by atoms with E-state index in [2.05, 4.69) is 4.74 Å². The van der Waals surface area contributed by atoms with Gasteiger partial charge >= 0.3 is 11.9 Å². The van der Waals surface area contributed by atoms with E-state index in [9.17, 15) is 9.59 Å². The Morgan fingerprint density at radius 1 is 1.67 bits per heavy atom. The van der Waals surface area contributed by atoms with Crippen LogP contribution in [0.1, 0.15) is 6.92 Å². The first-order valence-electron chi connectivity index (χ1n) is 5.25. The average Bonchev–Trinajstić information content (AvgIpc) is 2.31. The van der Waals surface area contributed by atoms with Crippen LogP contribution in [0.5, 0.6) is 0 Å². The number of rotatable bonds is 3. The van der Waals surface area contributed by atoms with Crippen LogP contribution < -0.4 is 0 Å². The van der Waals surface area contributed by atoms with Crippen molar-refractivity contribution in [2.24, 2.45) is 5.92 Å². The number of methoxy groups -OCH3 is 1. The molecule has 2 atom stereocenters. The molecule has 1 N–H and O–H groups in total. The quantitative estimate of drug-likeness (QED) is 0.756. The second kappa shape index (κ2) is 5.85. The standard InChI is InChI=1S/C11H13ClN2O4/c1-6-4-14(5-8(15)16)10(11(17)18-2)7(3-13)9(6)12/h6,10H,4-5H2,1-2H3,(H,15,16). The molecule has 1 heterocycles. The zero-order valence-corrected chi connectivity index (χ0v) is 10.8. The molecule has 2 unspecified atom stereocenters. The maximum atomic E-state index is 11.7. The van der Waals surface area contributed by atoms with Crippen molar-refractivity contribution in [3.05, 3.63) is 10.6 Å². The van der Waals surface area contributed by atoms with Gasteiger partial charge in [-0.25, -0.2) is 4.79 Å². The molecule has 98 valence electrons. The number of hydrogen-bond donors (Lipinski definition) is 1. The number of esters is 1. The van der Waals surface area contributed by atoms with Crippen molar-refractivity contribution in [3.63, 3.8) is 0 Å². The lowest BCUT2D eigenvalue weighted by Crippen LogP contribution is -2.50. The number of aliphatic carboxylic acids is 1. The molecule has 1 aliphatic rings. The van der Waals surface area contributed by atoms with Crippen molar-refractivity contribution < 1.29 is 19.4 Å². The summed E-state index contributed by atoms with van der Waals surface area (Å²) in [6, 6.07) is 0.823. The van der Waals surface area contributed by atoms with Gasteiger partial charge in [-0.1, -0.05) is 18.5 Å². The Kier molecular flexibility index (Phi) is 4.70. The summed E-state index contributed by atoms with van der Waals surface area (Å²) in [4.78, 5) is 23.8. The van der Waals surface area contributed by atoms with Crippen LogP contribution in [0.2, 0.25) is 0 Å². The van der Waals surface area contributed by atoms with Gasteiger partial charge in [-0.2, -0.15) is 5.26 Å². The Morgan fingerprint density at radius 2 is 2.28 bits per heavy atom. The predicted octanol–water partition coefficient (Wildman–Crippen LogP) is 0.581. The lowest BCUT2D eigenvalue weighted by molar-refractivity contribution is -0.148. The van der Waals surface area contributed by atoms with E-state index in [4.69, 9.17) is 22.0 Å². The molecule has 6 nitrogen and oxygen atoms in total. The zero-order chi connectivity index (χ0) is 13.9. The lowest BCUT2D eigenvalue weighted by Gasteiger charge is -2.35. The van der Waals surface area contributed by atoms with Gasteiger partial charge in [0.15, 0.2) is 0 Å². The van der Waals surface area contributed by atoms with E-state index in [0.717, 1.165) is 0 Å². The first kappa shape index (κ1) is 14.5. The first-order valence-corrected chi connectivity index (χ1v) is 5.63. The molecule has 0 bridgehead atoms. The molecule has 7 heteroatoms. The minimum Gasteiger partial charge on any atom is -0.480 e. The van der Waals surface area contributed by atoms with Gasteiger partial charge < -0.3 is 9.84 Å². The van der Waals surface area contributed by atoms with Crippen molar-refractivity contribution in [2.45, 2.75) is 13.0 Å². The van der Waals surface area contributed by atoms with Crippen molar-refractivity contribution in [1.29, 1.82) is 5.26 Å². The molecule has 0 fully saturated rings. The summed E-state index contributed by atoms with van der Waals surface area (Å²) in [5.41, 5.74) is 0.0588. The van der Waals surface area contributed by atoms with E-state index >= 15 is 0 Å². The topological polar surface area (TPSA) is 90.6 Å². The molecule has 0 saturated carbocycles. The van der Waals surface area contributed by atoms with Gasteiger partial charge in [0.05, 0.1) is 25.3 Å². The predicted molar refractivity (Wildman–Crippen MR) is 62.7 cm³/mol. The largest absolute Gasteiger partial charge is 0.480 e. The number of carboxylic acids is 1. The maximum absolute atomic E-state index is 11.7. The van der Waals surface area contributed by atoms with Crippen LogP contribution in [-0.2, 0) is 14.3 Å². The van der Waals surface area contributed by atoms with Crippen molar-refractivity contribution >= 4 is 23.5 Å². The smallest absolute Gasteiger partial charge is 0.328 e. The number of hydrogen-bond acceptors (Lipinski definition) is 5. The average molecular weight is 273 g/mol. The number of ether oxygens (including phenoxy) is 1. The van der Waals surface area contributed by atoms with Gasteiger partial charge in [-0.05, 0) is 0 Å². The fourth-order valence-electron chi connectivity index (χ4n) is 1.94. The summed E-state index contributed by atoms with van der Waals surface area (Å²) < 4.78 is 4.60. The third-order valence-electron chi connectivity index (χ3n) is 2.72. The number of carbonyl (C=O) groups is 2. The summed E-state index contributed by atoms with van der Waals surface area (Å²) in [7, 11) is 1.18. The van der Waals surface area contributed by atoms with Crippen LogP contribution in [0.15, 0.2) is 10.6 Å². The molecule has 0 aliphatic carbocycles. The summed E-state index contributed by atoms with van der Waals surface area (Å²) in [5, 5.41) is 18.2. The molecule has 0 spiro atoms. The number of carboxylic acid groups (broad SMARTS) is 1. The highest BCUT2D eigenvalue weighted by atomic mass is 35.5. The fourth-order valence-corrected chi connectivity index (χ4v) is 2.15. The second-order valence-corrected chi connectivity index (χ2v) is 4.43. The lowest BCUT2D eigenvalue weighted by atomic mass is 9.94. The molecule has 0 aromatic carbocycles. The first-order chi connectivity index (χ1) is 8.42. The van der Waals surface area contributed by atoms with E-state index < -0.39 is 18.0 Å².